The Bertz CT molecular complexity index is 2590. The van der Waals surface area contributed by atoms with Crippen LogP contribution >= 0.6 is 11.3 Å². The minimum Gasteiger partial charge on any atom is -0.309 e. The zero-order chi connectivity index (χ0) is 31.3. The first-order valence-electron chi connectivity index (χ1n) is 16.4. The molecule has 0 fully saturated rings. The Kier molecular flexibility index (Phi) is 5.57. The molecule has 0 amide bonds. The van der Waals surface area contributed by atoms with Gasteiger partial charge in [0.05, 0.1) is 11.0 Å². The first-order chi connectivity index (χ1) is 23.1. The van der Waals surface area contributed by atoms with Crippen molar-refractivity contribution in [1.82, 2.24) is 4.57 Å². The first-order valence-corrected chi connectivity index (χ1v) is 17.2. The minimum absolute atomic E-state index is 0.146. The monoisotopic (exact) mass is 617 g/mol. The molecule has 0 bridgehead atoms. The summed E-state index contributed by atoms with van der Waals surface area (Å²) < 4.78 is 5.23. The molecule has 0 saturated heterocycles. The summed E-state index contributed by atoms with van der Waals surface area (Å²) in [5, 5.41) is 5.33. The highest BCUT2D eigenvalue weighted by Gasteiger charge is 2.38. The highest BCUT2D eigenvalue weighted by molar-refractivity contribution is 7.25. The van der Waals surface area contributed by atoms with Crippen LogP contribution in [0, 0.1) is 0 Å². The number of benzene rings is 7. The molecule has 1 nitrogen and oxygen atoms in total. The number of thiophene rings is 1. The van der Waals surface area contributed by atoms with Crippen molar-refractivity contribution >= 4 is 53.3 Å². The van der Waals surface area contributed by atoms with Crippen molar-refractivity contribution in [3.63, 3.8) is 0 Å². The van der Waals surface area contributed by atoms with E-state index in [0.29, 0.717) is 0 Å². The van der Waals surface area contributed by atoms with Crippen LogP contribution in [-0.2, 0) is 5.41 Å². The standard InChI is InChI=1S/C45H31NS/c1-45(2)38-27-32(19-22-33(38)36-23-24-42-43(44(36)45)37-15-9-10-16-41(37)47-42)46-39-25-30(28-11-5-3-6-12-28)17-20-34(39)35-21-18-31(26-40(35)46)29-13-7-4-8-14-29/h3-27H,1-2H3. The van der Waals surface area contributed by atoms with E-state index in [0.717, 1.165) is 0 Å². The van der Waals surface area contributed by atoms with Gasteiger partial charge in [-0.05, 0) is 80.9 Å². The van der Waals surface area contributed by atoms with Crippen LogP contribution in [0.15, 0.2) is 152 Å². The molecule has 0 aliphatic heterocycles. The van der Waals surface area contributed by atoms with E-state index in [1.165, 1.54) is 92.2 Å². The number of nitrogens with zero attached hydrogens (tertiary/aromatic N) is 1. The lowest BCUT2D eigenvalue weighted by Crippen LogP contribution is -2.15. The molecule has 0 saturated carbocycles. The highest BCUT2D eigenvalue weighted by Crippen LogP contribution is 2.54. The SMILES string of the molecule is CC1(C)c2cc(-n3c4cc(-c5ccccc5)ccc4c4ccc(-c5ccccc5)cc43)ccc2-c2ccc3sc4ccccc4c3c21. The lowest BCUT2D eigenvalue weighted by atomic mass is 9.80. The second kappa shape index (κ2) is 9.78. The molecule has 1 aliphatic carbocycles. The predicted molar refractivity (Wildman–Crippen MR) is 202 cm³/mol. The van der Waals surface area contributed by atoms with Gasteiger partial charge in [0.15, 0.2) is 0 Å². The van der Waals surface area contributed by atoms with Crippen molar-refractivity contribution in [2.45, 2.75) is 19.3 Å². The molecule has 47 heavy (non-hydrogen) atoms. The molecule has 9 aromatic rings. The zero-order valence-electron chi connectivity index (χ0n) is 26.3. The fourth-order valence-corrected chi connectivity index (χ4v) is 9.28. The Balaban J connectivity index is 1.24. The lowest BCUT2D eigenvalue weighted by molar-refractivity contribution is 0.666. The summed E-state index contributed by atoms with van der Waals surface area (Å²) in [6.45, 7) is 4.83. The van der Waals surface area contributed by atoms with E-state index in [-0.39, 0.29) is 5.41 Å². The number of rotatable bonds is 3. The van der Waals surface area contributed by atoms with Gasteiger partial charge < -0.3 is 4.57 Å². The van der Waals surface area contributed by atoms with E-state index in [1.807, 2.05) is 11.3 Å². The molecule has 0 radical (unpaired) electrons. The van der Waals surface area contributed by atoms with E-state index in [2.05, 4.69) is 170 Å². The summed E-state index contributed by atoms with van der Waals surface area (Å²) in [4.78, 5) is 0. The Morgan fingerprint density at radius 3 is 1.72 bits per heavy atom. The van der Waals surface area contributed by atoms with Crippen LogP contribution < -0.4 is 0 Å². The molecule has 1 aliphatic rings. The third-order valence-corrected chi connectivity index (χ3v) is 11.5. The van der Waals surface area contributed by atoms with Crippen LogP contribution in [0.2, 0.25) is 0 Å². The van der Waals surface area contributed by atoms with Gasteiger partial charge in [-0.15, -0.1) is 11.3 Å². The molecular formula is C45H31NS. The van der Waals surface area contributed by atoms with Gasteiger partial charge in [0.2, 0.25) is 0 Å². The van der Waals surface area contributed by atoms with Gasteiger partial charge in [-0.1, -0.05) is 129 Å². The first kappa shape index (κ1) is 26.7. The van der Waals surface area contributed by atoms with Gasteiger partial charge in [-0.25, -0.2) is 0 Å². The summed E-state index contributed by atoms with van der Waals surface area (Å²) in [5.41, 5.74) is 14.0. The summed E-state index contributed by atoms with van der Waals surface area (Å²) >= 11 is 1.91. The number of hydrogen-bond donors (Lipinski definition) is 0. The number of fused-ring (bicyclic) bond motifs is 10. The maximum Gasteiger partial charge on any atom is 0.0547 e. The van der Waals surface area contributed by atoms with E-state index >= 15 is 0 Å². The second-order valence-corrected chi connectivity index (χ2v) is 14.4. The van der Waals surface area contributed by atoms with Crippen LogP contribution in [0.4, 0.5) is 0 Å². The van der Waals surface area contributed by atoms with Crippen molar-refractivity contribution in [3.05, 3.63) is 163 Å². The Morgan fingerprint density at radius 1 is 0.468 bits per heavy atom. The van der Waals surface area contributed by atoms with E-state index < -0.39 is 0 Å². The van der Waals surface area contributed by atoms with Gasteiger partial charge in [0.25, 0.3) is 0 Å². The summed E-state index contributed by atoms with van der Waals surface area (Å²) in [7, 11) is 0. The molecule has 2 heterocycles. The lowest BCUT2D eigenvalue weighted by Gasteiger charge is -2.23. The summed E-state index contributed by atoms with van der Waals surface area (Å²) in [6, 6.07) is 56.1. The van der Waals surface area contributed by atoms with E-state index in [1.54, 1.807) is 0 Å². The van der Waals surface area contributed by atoms with Crippen LogP contribution in [0.3, 0.4) is 0 Å². The Hall–Kier alpha value is -5.44. The van der Waals surface area contributed by atoms with Crippen LogP contribution in [0.5, 0.6) is 0 Å². The molecule has 2 heteroatoms. The molecule has 222 valence electrons. The second-order valence-electron chi connectivity index (χ2n) is 13.3. The maximum atomic E-state index is 2.50. The fourth-order valence-electron chi connectivity index (χ4n) is 8.17. The maximum absolute atomic E-state index is 2.50. The topological polar surface area (TPSA) is 4.93 Å². The van der Waals surface area contributed by atoms with E-state index in [9.17, 15) is 0 Å². The van der Waals surface area contributed by atoms with Crippen LogP contribution in [-0.4, -0.2) is 4.57 Å². The summed E-state index contributed by atoms with van der Waals surface area (Å²) in [5.74, 6) is 0. The van der Waals surface area contributed by atoms with Crippen LogP contribution in [0.1, 0.15) is 25.0 Å². The molecule has 0 unspecified atom stereocenters. The molecule has 0 N–H and O–H groups in total. The van der Waals surface area contributed by atoms with Crippen molar-refractivity contribution in [2.75, 3.05) is 0 Å². The molecule has 0 atom stereocenters. The van der Waals surface area contributed by atoms with E-state index in [4.69, 9.17) is 0 Å². The van der Waals surface area contributed by atoms with Crippen LogP contribution in [0.25, 0.3) is 81.0 Å². The molecule has 10 rings (SSSR count). The van der Waals surface area contributed by atoms with Gasteiger partial charge in [0, 0.05) is 42.0 Å². The predicted octanol–water partition coefficient (Wildman–Crippen LogP) is 12.8. The quantitative estimate of drug-likeness (QED) is 0.186. The van der Waals surface area contributed by atoms with Gasteiger partial charge in [0.1, 0.15) is 0 Å². The van der Waals surface area contributed by atoms with Gasteiger partial charge in [-0.3, -0.25) is 0 Å². The molecule has 7 aromatic carbocycles. The molecule has 0 spiro atoms. The highest BCUT2D eigenvalue weighted by atomic mass is 32.1. The Morgan fingerprint density at radius 2 is 1.06 bits per heavy atom. The summed E-state index contributed by atoms with van der Waals surface area (Å²) in [6.07, 6.45) is 0. The van der Waals surface area contributed by atoms with Crippen molar-refractivity contribution in [3.8, 4) is 39.1 Å². The Labute approximate surface area is 278 Å². The minimum atomic E-state index is -0.146. The fraction of sp³-hybridized carbons (Fsp3) is 0.0667. The third kappa shape index (κ3) is 3.83. The number of hydrogen-bond acceptors (Lipinski definition) is 1. The average Bonchev–Trinajstić information content (AvgIpc) is 3.73. The van der Waals surface area contributed by atoms with Gasteiger partial charge >= 0.3 is 0 Å². The largest absolute Gasteiger partial charge is 0.309 e. The zero-order valence-corrected chi connectivity index (χ0v) is 27.1. The smallest absolute Gasteiger partial charge is 0.0547 e. The molecule has 2 aromatic heterocycles. The normalized spacial score (nSPS) is 13.5. The molecular weight excluding hydrogens is 587 g/mol. The third-order valence-electron chi connectivity index (χ3n) is 10.4. The van der Waals surface area contributed by atoms with Crippen molar-refractivity contribution in [2.24, 2.45) is 0 Å². The average molecular weight is 618 g/mol. The van der Waals surface area contributed by atoms with Gasteiger partial charge in [-0.2, -0.15) is 0 Å². The number of aromatic nitrogens is 1. The van der Waals surface area contributed by atoms with Crippen molar-refractivity contribution in [1.29, 1.82) is 0 Å². The van der Waals surface area contributed by atoms with Crippen molar-refractivity contribution < 1.29 is 0 Å².